The molecule has 1 unspecified atom stereocenters. The van der Waals surface area contributed by atoms with Crippen molar-refractivity contribution < 1.29 is 18.7 Å². The highest BCUT2D eigenvalue weighted by atomic mass is 19.1. The maximum Gasteiger partial charge on any atom is 0.377 e. The van der Waals surface area contributed by atoms with Crippen molar-refractivity contribution in [2.75, 3.05) is 6.61 Å². The molecular weight excluding hydrogens is 187 g/mol. The standard InChI is InChI=1S/C10H17FO3/c1-3-5-6-7-8(11)9(12)10(13)14-4-2/h8H,3-7H2,1-2H3. The van der Waals surface area contributed by atoms with Gasteiger partial charge in [-0.15, -0.1) is 0 Å². The average molecular weight is 204 g/mol. The first-order chi connectivity index (χ1) is 6.63. The van der Waals surface area contributed by atoms with Crippen LogP contribution in [0.4, 0.5) is 4.39 Å². The van der Waals surface area contributed by atoms with E-state index in [0.29, 0.717) is 6.42 Å². The summed E-state index contributed by atoms with van der Waals surface area (Å²) in [5.41, 5.74) is 0. The van der Waals surface area contributed by atoms with Gasteiger partial charge in [0, 0.05) is 0 Å². The van der Waals surface area contributed by atoms with Crippen LogP contribution in [0.5, 0.6) is 0 Å². The van der Waals surface area contributed by atoms with E-state index in [4.69, 9.17) is 0 Å². The second-order valence-corrected chi connectivity index (χ2v) is 3.05. The minimum atomic E-state index is -1.69. The molecule has 14 heavy (non-hydrogen) atoms. The van der Waals surface area contributed by atoms with Crippen molar-refractivity contribution in [3.05, 3.63) is 0 Å². The molecule has 0 bridgehead atoms. The third kappa shape index (κ3) is 4.94. The maximum atomic E-state index is 13.0. The Balaban J connectivity index is 3.80. The zero-order valence-electron chi connectivity index (χ0n) is 8.72. The number of Topliss-reactive ketones (excluding diaryl/α,β-unsaturated/α-hetero) is 1. The Labute approximate surface area is 83.6 Å². The Bertz CT molecular complexity index is 192. The van der Waals surface area contributed by atoms with Gasteiger partial charge in [-0.2, -0.15) is 0 Å². The first kappa shape index (κ1) is 13.1. The van der Waals surface area contributed by atoms with Gasteiger partial charge in [0.2, 0.25) is 0 Å². The number of carbonyl (C=O) groups is 2. The first-order valence-electron chi connectivity index (χ1n) is 4.98. The molecule has 0 aromatic heterocycles. The van der Waals surface area contributed by atoms with Crippen molar-refractivity contribution in [2.45, 2.75) is 45.7 Å². The summed E-state index contributed by atoms with van der Waals surface area (Å²) >= 11 is 0. The number of hydrogen-bond acceptors (Lipinski definition) is 3. The molecule has 0 N–H and O–H groups in total. The van der Waals surface area contributed by atoms with E-state index in [1.165, 1.54) is 0 Å². The molecule has 1 atom stereocenters. The normalized spacial score (nSPS) is 12.2. The lowest BCUT2D eigenvalue weighted by Crippen LogP contribution is -2.27. The SMILES string of the molecule is CCCCCC(F)C(=O)C(=O)OCC. The molecule has 0 saturated heterocycles. The third-order valence-corrected chi connectivity index (χ3v) is 1.82. The monoisotopic (exact) mass is 204 g/mol. The van der Waals surface area contributed by atoms with Gasteiger partial charge in [-0.1, -0.05) is 26.2 Å². The summed E-state index contributed by atoms with van der Waals surface area (Å²) < 4.78 is 17.4. The van der Waals surface area contributed by atoms with Gasteiger partial charge in [0.25, 0.3) is 5.78 Å². The van der Waals surface area contributed by atoms with Gasteiger partial charge in [-0.3, -0.25) is 4.79 Å². The Hall–Kier alpha value is -0.930. The fourth-order valence-electron chi connectivity index (χ4n) is 1.03. The van der Waals surface area contributed by atoms with Crippen LogP contribution < -0.4 is 0 Å². The number of ether oxygens (including phenoxy) is 1. The van der Waals surface area contributed by atoms with Gasteiger partial charge < -0.3 is 4.74 Å². The van der Waals surface area contributed by atoms with E-state index in [-0.39, 0.29) is 13.0 Å². The summed E-state index contributed by atoms with van der Waals surface area (Å²) in [6.45, 7) is 3.67. The van der Waals surface area contributed by atoms with Crippen LogP contribution in [0, 0.1) is 0 Å². The summed E-state index contributed by atoms with van der Waals surface area (Å²) in [6.07, 6.45) is 0.881. The van der Waals surface area contributed by atoms with Crippen molar-refractivity contribution in [3.8, 4) is 0 Å². The lowest BCUT2D eigenvalue weighted by molar-refractivity contribution is -0.155. The fraction of sp³-hybridized carbons (Fsp3) is 0.800. The number of rotatable bonds is 7. The van der Waals surface area contributed by atoms with Crippen molar-refractivity contribution in [3.63, 3.8) is 0 Å². The van der Waals surface area contributed by atoms with E-state index in [1.807, 2.05) is 6.92 Å². The number of unbranched alkanes of at least 4 members (excludes halogenated alkanes) is 2. The van der Waals surface area contributed by atoms with Gasteiger partial charge in [0.05, 0.1) is 6.61 Å². The van der Waals surface area contributed by atoms with Gasteiger partial charge in [-0.25, -0.2) is 9.18 Å². The predicted octanol–water partition coefficient (Wildman–Crippen LogP) is 2.04. The minimum Gasteiger partial charge on any atom is -0.460 e. The Morgan fingerprint density at radius 3 is 2.43 bits per heavy atom. The van der Waals surface area contributed by atoms with Crippen molar-refractivity contribution in [1.29, 1.82) is 0 Å². The molecule has 0 rings (SSSR count). The second-order valence-electron chi connectivity index (χ2n) is 3.05. The molecule has 3 nitrogen and oxygen atoms in total. The highest BCUT2D eigenvalue weighted by Gasteiger charge is 2.25. The minimum absolute atomic E-state index is 0.103. The molecule has 0 aromatic rings. The fourth-order valence-corrected chi connectivity index (χ4v) is 1.03. The van der Waals surface area contributed by atoms with Crippen molar-refractivity contribution in [1.82, 2.24) is 0 Å². The molecule has 0 radical (unpaired) electrons. The van der Waals surface area contributed by atoms with E-state index in [2.05, 4.69) is 4.74 Å². The summed E-state index contributed by atoms with van der Waals surface area (Å²) in [7, 11) is 0. The predicted molar refractivity (Wildman–Crippen MR) is 50.7 cm³/mol. The summed E-state index contributed by atoms with van der Waals surface area (Å²) in [4.78, 5) is 21.8. The second kappa shape index (κ2) is 7.47. The first-order valence-corrected chi connectivity index (χ1v) is 4.98. The molecule has 0 aromatic carbocycles. The molecule has 0 spiro atoms. The van der Waals surface area contributed by atoms with Crippen LogP contribution in [0.2, 0.25) is 0 Å². The van der Waals surface area contributed by atoms with Gasteiger partial charge in [-0.05, 0) is 13.3 Å². The topological polar surface area (TPSA) is 43.4 Å². The molecule has 0 amide bonds. The zero-order chi connectivity index (χ0) is 11.0. The highest BCUT2D eigenvalue weighted by molar-refractivity contribution is 6.35. The number of carbonyl (C=O) groups excluding carboxylic acids is 2. The van der Waals surface area contributed by atoms with Crippen LogP contribution >= 0.6 is 0 Å². The molecule has 82 valence electrons. The van der Waals surface area contributed by atoms with Crippen LogP contribution in [0.25, 0.3) is 0 Å². The molecule has 0 fully saturated rings. The number of alkyl halides is 1. The van der Waals surface area contributed by atoms with Crippen LogP contribution in [0.3, 0.4) is 0 Å². The van der Waals surface area contributed by atoms with Crippen LogP contribution in [-0.4, -0.2) is 24.5 Å². The van der Waals surface area contributed by atoms with E-state index >= 15 is 0 Å². The van der Waals surface area contributed by atoms with Crippen molar-refractivity contribution >= 4 is 11.8 Å². The summed E-state index contributed by atoms with van der Waals surface area (Å²) in [5, 5.41) is 0. The molecule has 0 aliphatic carbocycles. The maximum absolute atomic E-state index is 13.0. The van der Waals surface area contributed by atoms with E-state index in [1.54, 1.807) is 6.92 Å². The Morgan fingerprint density at radius 2 is 1.93 bits per heavy atom. The van der Waals surface area contributed by atoms with E-state index in [9.17, 15) is 14.0 Å². The highest BCUT2D eigenvalue weighted by Crippen LogP contribution is 2.08. The van der Waals surface area contributed by atoms with E-state index in [0.717, 1.165) is 12.8 Å². The van der Waals surface area contributed by atoms with Gasteiger partial charge >= 0.3 is 5.97 Å². The summed E-state index contributed by atoms with van der Waals surface area (Å²) in [6, 6.07) is 0. The smallest absolute Gasteiger partial charge is 0.377 e. The Morgan fingerprint density at radius 1 is 1.29 bits per heavy atom. The van der Waals surface area contributed by atoms with Crippen LogP contribution in [-0.2, 0) is 14.3 Å². The number of halogens is 1. The molecule has 0 heterocycles. The molecular formula is C10H17FO3. The lowest BCUT2D eigenvalue weighted by Gasteiger charge is -2.05. The quantitative estimate of drug-likeness (QED) is 0.362. The average Bonchev–Trinajstić information content (AvgIpc) is 2.17. The Kier molecular flexibility index (Phi) is 6.98. The molecule has 0 aliphatic heterocycles. The number of hydrogen-bond donors (Lipinski definition) is 0. The van der Waals surface area contributed by atoms with Gasteiger partial charge in [0.15, 0.2) is 6.17 Å². The van der Waals surface area contributed by atoms with Crippen LogP contribution in [0.1, 0.15) is 39.5 Å². The number of ketones is 1. The van der Waals surface area contributed by atoms with E-state index < -0.39 is 17.9 Å². The largest absolute Gasteiger partial charge is 0.460 e. The van der Waals surface area contributed by atoms with Gasteiger partial charge in [0.1, 0.15) is 0 Å². The van der Waals surface area contributed by atoms with Crippen molar-refractivity contribution in [2.24, 2.45) is 0 Å². The molecule has 0 aliphatic rings. The number of esters is 1. The summed E-state index contributed by atoms with van der Waals surface area (Å²) in [5.74, 6) is -2.11. The van der Waals surface area contributed by atoms with Crippen LogP contribution in [0.15, 0.2) is 0 Å². The molecule has 4 heteroatoms. The zero-order valence-corrected chi connectivity index (χ0v) is 8.72. The third-order valence-electron chi connectivity index (χ3n) is 1.82. The molecule has 0 saturated carbocycles. The lowest BCUT2D eigenvalue weighted by atomic mass is 10.1.